The van der Waals surface area contributed by atoms with Crippen molar-refractivity contribution in [2.24, 2.45) is 0 Å². The average molecular weight is 285 g/mol. The van der Waals surface area contributed by atoms with Gasteiger partial charge in [0, 0.05) is 6.20 Å². The summed E-state index contributed by atoms with van der Waals surface area (Å²) in [5, 5.41) is 22.1. The van der Waals surface area contributed by atoms with Crippen LogP contribution >= 0.6 is 0 Å². The Morgan fingerprint density at radius 1 is 1.57 bits per heavy atom. The molecule has 0 aliphatic rings. The van der Waals surface area contributed by atoms with Gasteiger partial charge in [-0.3, -0.25) is 0 Å². The molecule has 0 amide bonds. The maximum Gasteiger partial charge on any atom is 0.338 e. The normalized spacial score (nSPS) is 11.7. The average Bonchev–Trinajstić information content (AvgIpc) is 2.97. The van der Waals surface area contributed by atoms with Crippen molar-refractivity contribution in [3.8, 4) is 17.5 Å². The molecule has 0 aliphatic carbocycles. The lowest BCUT2D eigenvalue weighted by Crippen LogP contribution is -2.11. The summed E-state index contributed by atoms with van der Waals surface area (Å²) in [5.41, 5.74) is 1.09. The Morgan fingerprint density at radius 3 is 2.90 bits per heavy atom. The van der Waals surface area contributed by atoms with Crippen LogP contribution in [0.5, 0.6) is 5.75 Å². The van der Waals surface area contributed by atoms with Crippen molar-refractivity contribution in [3.63, 3.8) is 0 Å². The Bertz CT molecular complexity index is 700. The molecule has 1 aromatic carbocycles. The van der Waals surface area contributed by atoms with Crippen LogP contribution in [0.25, 0.3) is 5.69 Å². The highest BCUT2D eigenvalue weighted by Gasteiger charge is 2.11. The minimum absolute atomic E-state index is 0.0197. The van der Waals surface area contributed by atoms with E-state index in [9.17, 15) is 10.1 Å². The van der Waals surface area contributed by atoms with Crippen molar-refractivity contribution in [2.75, 3.05) is 0 Å². The molecule has 0 fully saturated rings. The summed E-state index contributed by atoms with van der Waals surface area (Å²) in [6, 6.07) is 7.13. The second-order valence-corrected chi connectivity index (χ2v) is 4.61. The summed E-state index contributed by atoms with van der Waals surface area (Å²) in [4.78, 5) is 10.9. The first-order valence-corrected chi connectivity index (χ1v) is 6.54. The highest BCUT2D eigenvalue weighted by molar-refractivity contribution is 5.87. The third-order valence-electron chi connectivity index (χ3n) is 3.08. The van der Waals surface area contributed by atoms with Gasteiger partial charge >= 0.3 is 5.97 Å². The molecule has 6 heteroatoms. The van der Waals surface area contributed by atoms with E-state index in [0.29, 0.717) is 17.0 Å². The van der Waals surface area contributed by atoms with Crippen LogP contribution in [0, 0.1) is 11.3 Å². The molecule has 1 heterocycles. The summed E-state index contributed by atoms with van der Waals surface area (Å²) in [6.45, 7) is 3.93. The fourth-order valence-corrected chi connectivity index (χ4v) is 1.73. The number of aromatic carboxylic acids is 1. The third kappa shape index (κ3) is 3.20. The van der Waals surface area contributed by atoms with Gasteiger partial charge in [0.1, 0.15) is 11.8 Å². The van der Waals surface area contributed by atoms with E-state index in [2.05, 4.69) is 11.2 Å². The van der Waals surface area contributed by atoms with Crippen molar-refractivity contribution < 1.29 is 14.6 Å². The number of carboxylic acids is 1. The lowest BCUT2D eigenvalue weighted by Gasteiger charge is -2.14. The molecule has 0 saturated carbocycles. The van der Waals surface area contributed by atoms with E-state index < -0.39 is 5.97 Å². The molecule has 6 nitrogen and oxygen atoms in total. The van der Waals surface area contributed by atoms with Crippen molar-refractivity contribution in [2.45, 2.75) is 26.4 Å². The molecule has 1 aromatic heterocycles. The summed E-state index contributed by atoms with van der Waals surface area (Å²) < 4.78 is 7.09. The number of aromatic nitrogens is 2. The van der Waals surface area contributed by atoms with Gasteiger partial charge in [-0.05, 0) is 31.5 Å². The molecule has 21 heavy (non-hydrogen) atoms. The summed E-state index contributed by atoms with van der Waals surface area (Å²) in [5.74, 6) is -0.528. The van der Waals surface area contributed by atoms with E-state index in [1.807, 2.05) is 13.8 Å². The van der Waals surface area contributed by atoms with Crippen LogP contribution in [-0.2, 0) is 0 Å². The number of hydrogen-bond donors (Lipinski definition) is 1. The fourth-order valence-electron chi connectivity index (χ4n) is 1.73. The van der Waals surface area contributed by atoms with Gasteiger partial charge in [0.05, 0.1) is 29.1 Å². The molecule has 0 radical (unpaired) electrons. The van der Waals surface area contributed by atoms with Gasteiger partial charge in [-0.15, -0.1) is 0 Å². The molecule has 108 valence electrons. The molecule has 1 unspecified atom stereocenters. The lowest BCUT2D eigenvalue weighted by atomic mass is 10.2. The van der Waals surface area contributed by atoms with Crippen LogP contribution < -0.4 is 4.74 Å². The smallest absolute Gasteiger partial charge is 0.338 e. The largest absolute Gasteiger partial charge is 0.489 e. The highest BCUT2D eigenvalue weighted by Crippen LogP contribution is 2.23. The standard InChI is InChI=1S/C15H15N3O3/c1-3-10(2)21-14-5-4-13(6-11(14)7-16)18-9-12(8-17-18)15(19)20/h4-6,8-10H,3H2,1-2H3,(H,19,20). The molecular weight excluding hydrogens is 270 g/mol. The van der Waals surface area contributed by atoms with Crippen LogP contribution in [0.15, 0.2) is 30.6 Å². The molecule has 0 aliphatic heterocycles. The van der Waals surface area contributed by atoms with Crippen molar-refractivity contribution >= 4 is 5.97 Å². The molecule has 0 saturated heterocycles. The predicted octanol–water partition coefficient (Wildman–Crippen LogP) is 2.62. The van der Waals surface area contributed by atoms with Crippen molar-refractivity contribution in [1.29, 1.82) is 5.26 Å². The topological polar surface area (TPSA) is 88.1 Å². The minimum Gasteiger partial charge on any atom is -0.489 e. The zero-order valence-electron chi connectivity index (χ0n) is 11.8. The molecule has 0 spiro atoms. The molecule has 1 N–H and O–H groups in total. The predicted molar refractivity (Wildman–Crippen MR) is 75.6 cm³/mol. The van der Waals surface area contributed by atoms with Gasteiger partial charge in [-0.1, -0.05) is 6.92 Å². The van der Waals surface area contributed by atoms with Gasteiger partial charge in [0.15, 0.2) is 0 Å². The van der Waals surface area contributed by atoms with Gasteiger partial charge in [0.2, 0.25) is 0 Å². The minimum atomic E-state index is -1.04. The Hall–Kier alpha value is -2.81. The van der Waals surface area contributed by atoms with Crippen LogP contribution in [0.2, 0.25) is 0 Å². The van der Waals surface area contributed by atoms with E-state index in [1.165, 1.54) is 17.1 Å². The van der Waals surface area contributed by atoms with Gasteiger partial charge in [0.25, 0.3) is 0 Å². The second-order valence-electron chi connectivity index (χ2n) is 4.61. The SMILES string of the molecule is CCC(C)Oc1ccc(-n2cc(C(=O)O)cn2)cc1C#N. The molecular formula is C15H15N3O3. The Labute approximate surface area is 122 Å². The van der Waals surface area contributed by atoms with E-state index in [4.69, 9.17) is 9.84 Å². The van der Waals surface area contributed by atoms with Gasteiger partial charge in [-0.2, -0.15) is 10.4 Å². The van der Waals surface area contributed by atoms with Crippen LogP contribution in [-0.4, -0.2) is 27.0 Å². The lowest BCUT2D eigenvalue weighted by molar-refractivity contribution is 0.0697. The molecule has 2 aromatic rings. The first kappa shape index (κ1) is 14.6. The number of benzene rings is 1. The van der Waals surface area contributed by atoms with Gasteiger partial charge in [-0.25, -0.2) is 9.48 Å². The van der Waals surface area contributed by atoms with Crippen LogP contribution in [0.3, 0.4) is 0 Å². The van der Waals surface area contributed by atoms with E-state index >= 15 is 0 Å². The number of nitriles is 1. The molecule has 1 atom stereocenters. The number of carboxylic acid groups (broad SMARTS) is 1. The molecule has 2 rings (SSSR count). The van der Waals surface area contributed by atoms with Gasteiger partial charge < -0.3 is 9.84 Å². The monoisotopic (exact) mass is 285 g/mol. The van der Waals surface area contributed by atoms with Crippen molar-refractivity contribution in [3.05, 3.63) is 41.7 Å². The highest BCUT2D eigenvalue weighted by atomic mass is 16.5. The zero-order valence-corrected chi connectivity index (χ0v) is 11.8. The summed E-state index contributed by atoms with van der Waals surface area (Å²) >= 11 is 0. The first-order chi connectivity index (χ1) is 10.0. The number of ether oxygens (including phenoxy) is 1. The van der Waals surface area contributed by atoms with Crippen molar-refractivity contribution in [1.82, 2.24) is 9.78 Å². The Kier molecular flexibility index (Phi) is 4.24. The van der Waals surface area contributed by atoms with Crippen LogP contribution in [0.1, 0.15) is 36.2 Å². The maximum atomic E-state index is 10.9. The Morgan fingerprint density at radius 2 is 2.33 bits per heavy atom. The number of hydrogen-bond acceptors (Lipinski definition) is 4. The van der Waals surface area contributed by atoms with E-state index in [-0.39, 0.29) is 11.7 Å². The second kappa shape index (κ2) is 6.09. The van der Waals surface area contributed by atoms with E-state index in [0.717, 1.165) is 6.42 Å². The Balaban J connectivity index is 2.34. The third-order valence-corrected chi connectivity index (χ3v) is 3.08. The first-order valence-electron chi connectivity index (χ1n) is 6.54. The number of rotatable bonds is 5. The number of carbonyl (C=O) groups is 1. The number of nitrogens with zero attached hydrogens (tertiary/aromatic N) is 3. The quantitative estimate of drug-likeness (QED) is 0.912. The summed E-state index contributed by atoms with van der Waals surface area (Å²) in [7, 11) is 0. The molecule has 0 bridgehead atoms. The van der Waals surface area contributed by atoms with E-state index in [1.54, 1.807) is 18.2 Å². The maximum absolute atomic E-state index is 10.9. The van der Waals surface area contributed by atoms with Crippen LogP contribution in [0.4, 0.5) is 0 Å². The zero-order chi connectivity index (χ0) is 15.4. The fraction of sp³-hybridized carbons (Fsp3) is 0.267. The summed E-state index contributed by atoms with van der Waals surface area (Å²) in [6.07, 6.45) is 3.52.